The van der Waals surface area contributed by atoms with Gasteiger partial charge in [-0.1, -0.05) is 11.6 Å². The second-order valence-corrected chi connectivity index (χ2v) is 6.99. The molecule has 0 saturated heterocycles. The van der Waals surface area contributed by atoms with Crippen LogP contribution in [0.3, 0.4) is 0 Å². The van der Waals surface area contributed by atoms with Crippen LogP contribution >= 0.6 is 0 Å². The van der Waals surface area contributed by atoms with Gasteiger partial charge in [0.25, 0.3) is 0 Å². The van der Waals surface area contributed by atoms with E-state index in [1.54, 1.807) is 38.5 Å². The largest absolute Gasteiger partial charge is 0.496 e. The minimum absolute atomic E-state index is 0.141. The van der Waals surface area contributed by atoms with Crippen molar-refractivity contribution in [2.45, 2.75) is 20.3 Å². The van der Waals surface area contributed by atoms with E-state index in [1.807, 2.05) is 13.8 Å². The molecule has 1 aliphatic heterocycles. The van der Waals surface area contributed by atoms with Crippen LogP contribution < -0.4 is 24.4 Å². The third-order valence-electron chi connectivity index (χ3n) is 4.92. The minimum Gasteiger partial charge on any atom is -0.496 e. The molecule has 0 bridgehead atoms. The predicted octanol–water partition coefficient (Wildman–Crippen LogP) is 4.71. The van der Waals surface area contributed by atoms with E-state index in [-0.39, 0.29) is 12.2 Å². The fourth-order valence-electron chi connectivity index (χ4n) is 3.42. The van der Waals surface area contributed by atoms with Crippen molar-refractivity contribution in [3.05, 3.63) is 58.0 Å². The first-order chi connectivity index (χ1) is 14.0. The van der Waals surface area contributed by atoms with Crippen molar-refractivity contribution in [2.24, 2.45) is 0 Å². The monoisotopic (exact) mass is 394 g/mol. The Kier molecular flexibility index (Phi) is 4.92. The van der Waals surface area contributed by atoms with Crippen molar-refractivity contribution < 1.29 is 23.4 Å². The molecule has 6 nitrogen and oxygen atoms in total. The van der Waals surface area contributed by atoms with Gasteiger partial charge in [0.05, 0.1) is 25.2 Å². The van der Waals surface area contributed by atoms with Gasteiger partial charge >= 0.3 is 0 Å². The molecule has 0 aliphatic carbocycles. The summed E-state index contributed by atoms with van der Waals surface area (Å²) in [5.74, 6) is 2.36. The molecule has 0 fully saturated rings. The lowest BCUT2D eigenvalue weighted by Crippen LogP contribution is -2.07. The molecule has 1 aliphatic rings. The van der Waals surface area contributed by atoms with E-state index >= 15 is 0 Å². The second kappa shape index (κ2) is 7.54. The second-order valence-electron chi connectivity index (χ2n) is 6.99. The van der Waals surface area contributed by atoms with Crippen LogP contribution in [0.15, 0.2) is 51.4 Å². The Morgan fingerprint density at radius 2 is 1.76 bits per heavy atom. The zero-order valence-corrected chi connectivity index (χ0v) is 16.8. The average Bonchev–Trinajstić information content (AvgIpc) is 3.18. The SMILES string of the molecule is COc1cc2c(cc1-c1coc3c(CC=C(C)C)c(OC)ccc3c1=O)OCO2. The lowest BCUT2D eigenvalue weighted by atomic mass is 10.0. The summed E-state index contributed by atoms with van der Waals surface area (Å²) in [5.41, 5.74) is 3.38. The highest BCUT2D eigenvalue weighted by atomic mass is 16.7. The standard InChI is InChI=1S/C23H22O6/c1-13(2)5-6-14-18(25-3)8-7-15-22(24)17(11-27-23(14)15)16-9-20-21(29-12-28-20)10-19(16)26-4/h5,7-11H,6,12H2,1-4H3. The average molecular weight is 394 g/mol. The van der Waals surface area contributed by atoms with Crippen molar-refractivity contribution in [3.63, 3.8) is 0 Å². The number of hydrogen-bond donors (Lipinski definition) is 0. The van der Waals surface area contributed by atoms with Gasteiger partial charge in [-0.15, -0.1) is 0 Å². The van der Waals surface area contributed by atoms with Gasteiger partial charge in [0.1, 0.15) is 23.3 Å². The highest BCUT2D eigenvalue weighted by Crippen LogP contribution is 2.42. The van der Waals surface area contributed by atoms with Crippen LogP contribution in [0.5, 0.6) is 23.0 Å². The Labute approximate surface area is 168 Å². The zero-order chi connectivity index (χ0) is 20.5. The minimum atomic E-state index is -0.149. The number of benzene rings is 2. The molecule has 0 spiro atoms. The fourth-order valence-corrected chi connectivity index (χ4v) is 3.42. The van der Waals surface area contributed by atoms with Gasteiger partial charge in [-0.25, -0.2) is 0 Å². The molecular formula is C23H22O6. The van der Waals surface area contributed by atoms with E-state index in [2.05, 4.69) is 6.08 Å². The first-order valence-corrected chi connectivity index (χ1v) is 9.26. The lowest BCUT2D eigenvalue weighted by Gasteiger charge is -2.12. The summed E-state index contributed by atoms with van der Waals surface area (Å²) < 4.78 is 27.8. The number of allylic oxidation sites excluding steroid dienone is 2. The maximum atomic E-state index is 13.3. The summed E-state index contributed by atoms with van der Waals surface area (Å²) in [4.78, 5) is 13.3. The first-order valence-electron chi connectivity index (χ1n) is 9.26. The van der Waals surface area contributed by atoms with Crippen LogP contribution in [0.1, 0.15) is 19.4 Å². The fraction of sp³-hybridized carbons (Fsp3) is 0.261. The van der Waals surface area contributed by atoms with Crippen LogP contribution in [0, 0.1) is 0 Å². The number of methoxy groups -OCH3 is 2. The maximum absolute atomic E-state index is 13.3. The Hall–Kier alpha value is -3.41. The zero-order valence-electron chi connectivity index (χ0n) is 16.8. The Morgan fingerprint density at radius 3 is 2.45 bits per heavy atom. The van der Waals surface area contributed by atoms with Gasteiger partial charge in [0, 0.05) is 17.2 Å². The molecule has 29 heavy (non-hydrogen) atoms. The van der Waals surface area contributed by atoms with Gasteiger partial charge in [0.15, 0.2) is 11.5 Å². The van der Waals surface area contributed by atoms with Crippen molar-refractivity contribution in [3.8, 4) is 34.1 Å². The molecule has 0 saturated carbocycles. The highest BCUT2D eigenvalue weighted by molar-refractivity contribution is 5.87. The molecule has 0 amide bonds. The first kappa shape index (κ1) is 18.9. The van der Waals surface area contributed by atoms with Crippen LogP contribution in [0.2, 0.25) is 0 Å². The summed E-state index contributed by atoms with van der Waals surface area (Å²) in [5, 5.41) is 0.486. The molecule has 1 aromatic heterocycles. The predicted molar refractivity (Wildman–Crippen MR) is 110 cm³/mol. The van der Waals surface area contributed by atoms with Gasteiger partial charge in [-0.3, -0.25) is 4.79 Å². The maximum Gasteiger partial charge on any atom is 0.231 e. The van der Waals surface area contributed by atoms with Crippen LogP contribution in [0.4, 0.5) is 0 Å². The van der Waals surface area contributed by atoms with Crippen molar-refractivity contribution >= 4 is 11.0 Å². The van der Waals surface area contributed by atoms with Crippen molar-refractivity contribution in [1.29, 1.82) is 0 Å². The van der Waals surface area contributed by atoms with E-state index in [4.69, 9.17) is 23.4 Å². The van der Waals surface area contributed by atoms with Crippen molar-refractivity contribution in [1.82, 2.24) is 0 Å². The Bertz CT molecular complexity index is 1170. The molecule has 0 unspecified atom stereocenters. The van der Waals surface area contributed by atoms with Gasteiger partial charge in [-0.2, -0.15) is 0 Å². The molecule has 3 aromatic rings. The Balaban J connectivity index is 1.92. The number of fused-ring (bicyclic) bond motifs is 2. The molecule has 0 atom stereocenters. The molecule has 0 radical (unpaired) electrons. The van der Waals surface area contributed by atoms with E-state index in [0.717, 1.165) is 5.56 Å². The molecule has 2 heterocycles. The normalized spacial score (nSPS) is 12.1. The molecule has 6 heteroatoms. The highest BCUT2D eigenvalue weighted by Gasteiger charge is 2.22. The van der Waals surface area contributed by atoms with E-state index < -0.39 is 0 Å². The van der Waals surface area contributed by atoms with E-state index in [0.29, 0.717) is 51.5 Å². The summed E-state index contributed by atoms with van der Waals surface area (Å²) in [7, 11) is 3.16. The topological polar surface area (TPSA) is 67.1 Å². The summed E-state index contributed by atoms with van der Waals surface area (Å²) in [6, 6.07) is 6.99. The lowest BCUT2D eigenvalue weighted by molar-refractivity contribution is 0.174. The number of rotatable bonds is 5. The molecule has 0 N–H and O–H groups in total. The van der Waals surface area contributed by atoms with E-state index in [9.17, 15) is 4.79 Å². The van der Waals surface area contributed by atoms with Gasteiger partial charge in [0.2, 0.25) is 12.2 Å². The van der Waals surface area contributed by atoms with Gasteiger partial charge in [-0.05, 0) is 38.5 Å². The quantitative estimate of drug-likeness (QED) is 0.584. The Morgan fingerprint density at radius 1 is 1.03 bits per heavy atom. The van der Waals surface area contributed by atoms with E-state index in [1.165, 1.54) is 11.8 Å². The smallest absolute Gasteiger partial charge is 0.231 e. The molecule has 2 aromatic carbocycles. The summed E-state index contributed by atoms with van der Waals surface area (Å²) in [6.45, 7) is 4.19. The van der Waals surface area contributed by atoms with Crippen LogP contribution in [-0.4, -0.2) is 21.0 Å². The third-order valence-corrected chi connectivity index (χ3v) is 4.92. The van der Waals surface area contributed by atoms with Gasteiger partial charge < -0.3 is 23.4 Å². The van der Waals surface area contributed by atoms with Crippen LogP contribution in [-0.2, 0) is 6.42 Å². The molecular weight excluding hydrogens is 372 g/mol. The number of ether oxygens (including phenoxy) is 4. The van der Waals surface area contributed by atoms with Crippen LogP contribution in [0.25, 0.3) is 22.1 Å². The third kappa shape index (κ3) is 3.31. The number of hydrogen-bond acceptors (Lipinski definition) is 6. The molecule has 150 valence electrons. The molecule has 4 rings (SSSR count). The summed E-state index contributed by atoms with van der Waals surface area (Å²) in [6.07, 6.45) is 4.15. The summed E-state index contributed by atoms with van der Waals surface area (Å²) >= 11 is 0. The van der Waals surface area contributed by atoms with Crippen molar-refractivity contribution in [2.75, 3.05) is 21.0 Å².